The van der Waals surface area contributed by atoms with Gasteiger partial charge < -0.3 is 10.4 Å². The van der Waals surface area contributed by atoms with Crippen molar-refractivity contribution in [3.05, 3.63) is 0 Å². The van der Waals surface area contributed by atoms with Crippen LogP contribution in [0.5, 0.6) is 0 Å². The fraction of sp³-hybridized carbons (Fsp3) is 0.857. The summed E-state index contributed by atoms with van der Waals surface area (Å²) in [6.07, 6.45) is 0.226. The molecular formula is C7H15N3O2. The van der Waals surface area contributed by atoms with E-state index in [0.717, 1.165) is 6.42 Å². The first-order valence-corrected chi connectivity index (χ1v) is 4.15. The van der Waals surface area contributed by atoms with E-state index in [-0.39, 0.29) is 12.1 Å². The monoisotopic (exact) mass is 173 g/mol. The maximum absolute atomic E-state index is 11.1. The van der Waals surface area contributed by atoms with Gasteiger partial charge in [0.15, 0.2) is 0 Å². The largest absolute Gasteiger partial charge is 0.391 e. The molecule has 0 spiro atoms. The molecule has 1 fully saturated rings. The van der Waals surface area contributed by atoms with Crippen molar-refractivity contribution < 1.29 is 9.90 Å². The third-order valence-electron chi connectivity index (χ3n) is 2.01. The Morgan fingerprint density at radius 2 is 2.42 bits per heavy atom. The Morgan fingerprint density at radius 3 is 2.75 bits per heavy atom. The number of rotatable bonds is 3. The Hall–Kier alpha value is -0.810. The van der Waals surface area contributed by atoms with Crippen molar-refractivity contribution in [2.45, 2.75) is 32.4 Å². The van der Waals surface area contributed by atoms with Crippen LogP contribution in [0.2, 0.25) is 0 Å². The van der Waals surface area contributed by atoms with Gasteiger partial charge in [0.05, 0.1) is 18.8 Å². The van der Waals surface area contributed by atoms with Crippen molar-refractivity contribution in [2.75, 3.05) is 6.67 Å². The van der Waals surface area contributed by atoms with E-state index >= 15 is 0 Å². The molecular weight excluding hydrogens is 158 g/mol. The zero-order valence-electron chi connectivity index (χ0n) is 7.37. The van der Waals surface area contributed by atoms with E-state index in [9.17, 15) is 9.90 Å². The lowest BCUT2D eigenvalue weighted by molar-refractivity contribution is 0.0650. The van der Waals surface area contributed by atoms with Crippen molar-refractivity contribution in [3.8, 4) is 0 Å². The van der Waals surface area contributed by atoms with Crippen LogP contribution in [0.4, 0.5) is 4.79 Å². The molecule has 2 atom stereocenters. The number of carbonyl (C=O) groups is 1. The summed E-state index contributed by atoms with van der Waals surface area (Å²) in [7, 11) is 0. The predicted molar refractivity (Wildman–Crippen MR) is 44.1 cm³/mol. The normalized spacial score (nSPS) is 22.2. The summed E-state index contributed by atoms with van der Waals surface area (Å²) in [5.41, 5.74) is 2.85. The van der Waals surface area contributed by atoms with Crippen LogP contribution in [-0.4, -0.2) is 35.0 Å². The van der Waals surface area contributed by atoms with Gasteiger partial charge in [-0.15, -0.1) is 0 Å². The molecule has 0 bridgehead atoms. The molecule has 5 heteroatoms. The SMILES string of the molecule is CC[C@@H]([C@H](C)O)N1NCNC1=O. The topological polar surface area (TPSA) is 64.6 Å². The molecule has 0 aromatic rings. The first-order chi connectivity index (χ1) is 5.66. The molecule has 0 aromatic carbocycles. The van der Waals surface area contributed by atoms with E-state index in [0.29, 0.717) is 6.67 Å². The van der Waals surface area contributed by atoms with Gasteiger partial charge in [0.2, 0.25) is 0 Å². The van der Waals surface area contributed by atoms with E-state index in [1.807, 2.05) is 6.92 Å². The number of nitrogens with zero attached hydrogens (tertiary/aromatic N) is 1. The Kier molecular flexibility index (Phi) is 2.88. The smallest absolute Gasteiger partial charge is 0.333 e. The van der Waals surface area contributed by atoms with Gasteiger partial charge in [-0.2, -0.15) is 0 Å². The van der Waals surface area contributed by atoms with Crippen LogP contribution in [0.25, 0.3) is 0 Å². The lowest BCUT2D eigenvalue weighted by atomic mass is 10.1. The number of aliphatic hydroxyl groups excluding tert-OH is 1. The average Bonchev–Trinajstić information content (AvgIpc) is 2.38. The van der Waals surface area contributed by atoms with Crippen LogP contribution < -0.4 is 10.7 Å². The highest BCUT2D eigenvalue weighted by Crippen LogP contribution is 2.08. The first-order valence-electron chi connectivity index (χ1n) is 4.15. The third kappa shape index (κ3) is 1.67. The zero-order valence-corrected chi connectivity index (χ0v) is 7.37. The molecule has 0 aliphatic carbocycles. The molecule has 1 saturated heterocycles. The lowest BCUT2D eigenvalue weighted by Crippen LogP contribution is -2.48. The van der Waals surface area contributed by atoms with E-state index < -0.39 is 6.10 Å². The first kappa shape index (κ1) is 9.28. The van der Waals surface area contributed by atoms with Gasteiger partial charge in [-0.1, -0.05) is 6.92 Å². The summed E-state index contributed by atoms with van der Waals surface area (Å²) in [5.74, 6) is 0. The van der Waals surface area contributed by atoms with Gasteiger partial charge in [0.25, 0.3) is 0 Å². The van der Waals surface area contributed by atoms with Crippen molar-refractivity contribution in [1.82, 2.24) is 15.8 Å². The van der Waals surface area contributed by atoms with Gasteiger partial charge in [0, 0.05) is 0 Å². The second-order valence-corrected chi connectivity index (χ2v) is 2.90. The van der Waals surface area contributed by atoms with Crippen LogP contribution >= 0.6 is 0 Å². The lowest BCUT2D eigenvalue weighted by Gasteiger charge is -2.27. The number of nitrogens with one attached hydrogen (secondary N) is 2. The molecule has 12 heavy (non-hydrogen) atoms. The maximum atomic E-state index is 11.1. The van der Waals surface area contributed by atoms with Crippen molar-refractivity contribution >= 4 is 6.03 Å². The standard InChI is InChI=1S/C7H15N3O2/c1-3-6(5(2)11)10-7(12)8-4-9-10/h5-6,9,11H,3-4H2,1-2H3,(H,8,12)/t5-,6-/m0/s1. The van der Waals surface area contributed by atoms with Gasteiger partial charge in [-0.25, -0.2) is 10.2 Å². The number of aliphatic hydroxyl groups is 1. The number of amides is 2. The van der Waals surface area contributed by atoms with E-state index in [2.05, 4.69) is 10.7 Å². The minimum Gasteiger partial charge on any atom is -0.391 e. The van der Waals surface area contributed by atoms with E-state index in [1.54, 1.807) is 6.92 Å². The molecule has 1 heterocycles. The highest BCUT2D eigenvalue weighted by molar-refractivity contribution is 5.75. The van der Waals surface area contributed by atoms with Gasteiger partial charge in [0.1, 0.15) is 0 Å². The highest BCUT2D eigenvalue weighted by Gasteiger charge is 2.29. The minimum atomic E-state index is -0.508. The average molecular weight is 173 g/mol. The number of carbonyl (C=O) groups excluding carboxylic acids is 1. The molecule has 70 valence electrons. The fourth-order valence-electron chi connectivity index (χ4n) is 1.36. The van der Waals surface area contributed by atoms with E-state index in [1.165, 1.54) is 5.01 Å². The van der Waals surface area contributed by atoms with Crippen LogP contribution in [0.1, 0.15) is 20.3 Å². The molecule has 2 amide bonds. The summed E-state index contributed by atoms with van der Waals surface area (Å²) in [5, 5.41) is 13.4. The summed E-state index contributed by atoms with van der Waals surface area (Å²) >= 11 is 0. The molecule has 0 unspecified atom stereocenters. The Labute approximate surface area is 71.7 Å². The highest BCUT2D eigenvalue weighted by atomic mass is 16.3. The molecule has 0 aromatic heterocycles. The zero-order chi connectivity index (χ0) is 9.14. The van der Waals surface area contributed by atoms with Crippen molar-refractivity contribution in [1.29, 1.82) is 0 Å². The minimum absolute atomic E-state index is 0.146. The number of hydrogen-bond donors (Lipinski definition) is 3. The molecule has 1 rings (SSSR count). The molecule has 1 aliphatic rings. The fourth-order valence-corrected chi connectivity index (χ4v) is 1.36. The van der Waals surface area contributed by atoms with Crippen LogP contribution in [0.15, 0.2) is 0 Å². The second-order valence-electron chi connectivity index (χ2n) is 2.90. The van der Waals surface area contributed by atoms with Gasteiger partial charge in [-0.05, 0) is 13.3 Å². The Bertz CT molecular complexity index is 172. The summed E-state index contributed by atoms with van der Waals surface area (Å²) in [6.45, 7) is 4.06. The second kappa shape index (κ2) is 3.73. The van der Waals surface area contributed by atoms with Crippen molar-refractivity contribution in [3.63, 3.8) is 0 Å². The summed E-state index contributed by atoms with van der Waals surface area (Å²) in [6, 6.07) is -0.310. The Morgan fingerprint density at radius 1 is 1.75 bits per heavy atom. The van der Waals surface area contributed by atoms with Crippen LogP contribution in [-0.2, 0) is 0 Å². The maximum Gasteiger partial charge on any atom is 0.333 e. The predicted octanol–water partition coefficient (Wildman–Crippen LogP) is -0.367. The molecule has 5 nitrogen and oxygen atoms in total. The molecule has 0 radical (unpaired) electrons. The van der Waals surface area contributed by atoms with Crippen LogP contribution in [0, 0.1) is 0 Å². The van der Waals surface area contributed by atoms with Crippen molar-refractivity contribution in [2.24, 2.45) is 0 Å². The Balaban J connectivity index is 2.58. The number of hydrazine groups is 1. The molecule has 3 N–H and O–H groups in total. The van der Waals surface area contributed by atoms with E-state index in [4.69, 9.17) is 0 Å². The number of hydrogen-bond acceptors (Lipinski definition) is 3. The van der Waals surface area contributed by atoms with Crippen LogP contribution in [0.3, 0.4) is 0 Å². The number of urea groups is 1. The summed E-state index contributed by atoms with van der Waals surface area (Å²) < 4.78 is 0. The quantitative estimate of drug-likeness (QED) is 0.545. The molecule has 1 aliphatic heterocycles. The third-order valence-corrected chi connectivity index (χ3v) is 2.01. The molecule has 0 saturated carbocycles. The van der Waals surface area contributed by atoms with Gasteiger partial charge in [-0.3, -0.25) is 5.01 Å². The van der Waals surface area contributed by atoms with Gasteiger partial charge >= 0.3 is 6.03 Å². The summed E-state index contributed by atoms with van der Waals surface area (Å²) in [4.78, 5) is 11.1.